The minimum atomic E-state index is 0.931. The van der Waals surface area contributed by atoms with Crippen LogP contribution in [0.25, 0.3) is 134 Å². The van der Waals surface area contributed by atoms with E-state index in [-0.39, 0.29) is 0 Å². The van der Waals surface area contributed by atoms with Crippen molar-refractivity contribution in [2.24, 2.45) is 0 Å². The predicted octanol–water partition coefficient (Wildman–Crippen LogP) is 19.9. The van der Waals surface area contributed by atoms with E-state index in [2.05, 4.69) is 273 Å². The lowest BCUT2D eigenvalue weighted by Gasteiger charge is -2.18. The Labute approximate surface area is 456 Å². The normalized spacial score (nSPS) is 11.1. The van der Waals surface area contributed by atoms with Gasteiger partial charge in [0.15, 0.2) is 0 Å². The van der Waals surface area contributed by atoms with Crippen molar-refractivity contribution >= 4 is 0 Å². The number of rotatable bonds is 12. The van der Waals surface area contributed by atoms with Gasteiger partial charge >= 0.3 is 0 Å². The molecule has 3 aromatic heterocycles. The van der Waals surface area contributed by atoms with Crippen LogP contribution in [-0.4, -0.2) is 15.0 Å². The second-order valence-corrected chi connectivity index (χ2v) is 19.6. The first-order valence-corrected chi connectivity index (χ1v) is 26.5. The molecule has 0 N–H and O–H groups in total. The molecule has 0 amide bonds. The zero-order valence-electron chi connectivity index (χ0n) is 42.8. The molecular weight excluding hydrogens is 943 g/mol. The number of nitrogens with zero attached hydrogens (tertiary/aromatic N) is 3. The molecule has 0 radical (unpaired) electrons. The molecule has 0 atom stereocenters. The minimum absolute atomic E-state index is 0.931. The molecule has 0 unspecified atom stereocenters. The molecule has 13 rings (SSSR count). The Balaban J connectivity index is 0.877. The van der Waals surface area contributed by atoms with Gasteiger partial charge in [0, 0.05) is 52.0 Å². The highest BCUT2D eigenvalue weighted by molar-refractivity contribution is 5.94. The summed E-state index contributed by atoms with van der Waals surface area (Å²) in [5.74, 6) is 0. The highest BCUT2D eigenvalue weighted by atomic mass is 14.7. The Hall–Kier alpha value is -10.4. The first-order chi connectivity index (χ1) is 38.6. The maximum Gasteiger partial charge on any atom is 0.0702 e. The second kappa shape index (κ2) is 21.5. The quantitative estimate of drug-likeness (QED) is 0.122. The molecule has 0 aliphatic rings. The van der Waals surface area contributed by atoms with E-state index in [0.717, 1.165) is 101 Å². The van der Waals surface area contributed by atoms with Crippen molar-refractivity contribution in [2.75, 3.05) is 0 Å². The van der Waals surface area contributed by atoms with Crippen molar-refractivity contribution < 1.29 is 0 Å². The number of hydrogen-bond donors (Lipinski definition) is 0. The zero-order valence-corrected chi connectivity index (χ0v) is 42.8. The van der Waals surface area contributed by atoms with Gasteiger partial charge in [-0.25, -0.2) is 0 Å². The molecule has 0 saturated heterocycles. The summed E-state index contributed by atoms with van der Waals surface area (Å²) >= 11 is 0. The molecule has 3 nitrogen and oxygen atoms in total. The van der Waals surface area contributed by atoms with Crippen molar-refractivity contribution in [3.63, 3.8) is 0 Å². The number of hydrogen-bond acceptors (Lipinski definition) is 3. The van der Waals surface area contributed by atoms with Gasteiger partial charge < -0.3 is 0 Å². The fourth-order valence-corrected chi connectivity index (χ4v) is 10.6. The van der Waals surface area contributed by atoms with Gasteiger partial charge in [-0.15, -0.1) is 0 Å². The third-order valence-electron chi connectivity index (χ3n) is 14.7. The maximum absolute atomic E-state index is 5.05. The lowest BCUT2D eigenvalue weighted by molar-refractivity contribution is 1.32. The molecule has 10 aromatic carbocycles. The highest BCUT2D eigenvalue weighted by Crippen LogP contribution is 2.43. The fraction of sp³-hybridized carbons (Fsp3) is 0. The molecule has 0 bridgehead atoms. The smallest absolute Gasteiger partial charge is 0.0702 e. The third-order valence-corrected chi connectivity index (χ3v) is 14.7. The van der Waals surface area contributed by atoms with Crippen LogP contribution in [0.4, 0.5) is 0 Å². The van der Waals surface area contributed by atoms with Crippen molar-refractivity contribution in [3.8, 4) is 134 Å². The summed E-state index contributed by atoms with van der Waals surface area (Å²) < 4.78 is 0. The van der Waals surface area contributed by atoms with Crippen molar-refractivity contribution in [1.29, 1.82) is 0 Å². The SMILES string of the molecule is c1ccc(-c2ccc(-c3ccc(-c4ccccc4-c4cc(-c5ccccc5-c5ccc(-c6ccc(-c7ccccc7)cc6)nc5)cc(-c5ccccc5-c5ccc(-c6ccc(-c7ccccc7)cc6)nc5)c4)cn3)cc2)cc1. The molecular formula is C75H51N3. The van der Waals surface area contributed by atoms with Gasteiger partial charge in [0.05, 0.1) is 17.1 Å². The lowest BCUT2D eigenvalue weighted by Crippen LogP contribution is -1.93. The van der Waals surface area contributed by atoms with Gasteiger partial charge in [0.2, 0.25) is 0 Å². The van der Waals surface area contributed by atoms with E-state index in [4.69, 9.17) is 15.0 Å². The zero-order chi connectivity index (χ0) is 52.0. The Morgan fingerprint density at radius 1 is 0.141 bits per heavy atom. The standard InChI is InChI=1S/C75H51N3/c1-4-16-52(17-5-1)55-28-34-58(35-29-55)73-43-40-61(49-76-73)67-22-10-13-25-70(67)64-46-65(71-26-14-11-23-68(71)62-41-44-74(77-50-62)59-36-30-56(31-37-59)53-18-6-2-7-19-53)48-66(47-64)72-27-15-12-24-69(72)63-42-45-75(78-51-63)60-38-32-57(33-39-60)54-20-8-3-9-21-54/h1-51H. The highest BCUT2D eigenvalue weighted by Gasteiger charge is 2.17. The molecule has 0 aliphatic carbocycles. The molecule has 3 heterocycles. The van der Waals surface area contributed by atoms with E-state index < -0.39 is 0 Å². The third kappa shape index (κ3) is 9.88. The van der Waals surface area contributed by atoms with Crippen LogP contribution < -0.4 is 0 Å². The number of aromatic nitrogens is 3. The molecule has 78 heavy (non-hydrogen) atoms. The summed E-state index contributed by atoms with van der Waals surface area (Å²) in [5.41, 5.74) is 26.3. The molecule has 0 fully saturated rings. The van der Waals surface area contributed by atoms with Crippen LogP contribution in [0.15, 0.2) is 310 Å². The summed E-state index contributed by atoms with van der Waals surface area (Å²) in [4.78, 5) is 15.2. The Bertz CT molecular complexity index is 3710. The van der Waals surface area contributed by atoms with Gasteiger partial charge in [-0.1, -0.05) is 255 Å². The topological polar surface area (TPSA) is 38.7 Å². The fourth-order valence-electron chi connectivity index (χ4n) is 10.6. The summed E-state index contributed by atoms with van der Waals surface area (Å²) in [5, 5.41) is 0. The first kappa shape index (κ1) is 47.4. The second-order valence-electron chi connectivity index (χ2n) is 19.6. The number of pyridine rings is 3. The van der Waals surface area contributed by atoms with Crippen LogP contribution in [0.2, 0.25) is 0 Å². The van der Waals surface area contributed by atoms with Crippen LogP contribution in [0.1, 0.15) is 0 Å². The average Bonchev–Trinajstić information content (AvgIpc) is 3.55. The van der Waals surface area contributed by atoms with Crippen LogP contribution in [0.3, 0.4) is 0 Å². The van der Waals surface area contributed by atoms with E-state index in [0.29, 0.717) is 0 Å². The Morgan fingerprint density at radius 2 is 0.333 bits per heavy atom. The van der Waals surface area contributed by atoms with E-state index in [1.165, 1.54) is 33.4 Å². The molecule has 13 aromatic rings. The van der Waals surface area contributed by atoms with Crippen LogP contribution in [-0.2, 0) is 0 Å². The van der Waals surface area contributed by atoms with Crippen molar-refractivity contribution in [3.05, 3.63) is 310 Å². The number of benzene rings is 10. The molecule has 366 valence electrons. The largest absolute Gasteiger partial charge is 0.256 e. The van der Waals surface area contributed by atoms with Gasteiger partial charge in [0.25, 0.3) is 0 Å². The van der Waals surface area contributed by atoms with Gasteiger partial charge in [-0.05, 0) is 120 Å². The van der Waals surface area contributed by atoms with Crippen LogP contribution in [0.5, 0.6) is 0 Å². The maximum atomic E-state index is 5.05. The summed E-state index contributed by atoms with van der Waals surface area (Å²) in [7, 11) is 0. The molecule has 3 heteroatoms. The summed E-state index contributed by atoms with van der Waals surface area (Å²) in [6.45, 7) is 0. The van der Waals surface area contributed by atoms with E-state index in [1.807, 2.05) is 36.8 Å². The molecule has 0 saturated carbocycles. The lowest BCUT2D eigenvalue weighted by atomic mass is 9.86. The van der Waals surface area contributed by atoms with Crippen molar-refractivity contribution in [1.82, 2.24) is 15.0 Å². The van der Waals surface area contributed by atoms with Crippen molar-refractivity contribution in [2.45, 2.75) is 0 Å². The summed E-state index contributed by atoms with van der Waals surface area (Å²) in [6, 6.07) is 104. The first-order valence-electron chi connectivity index (χ1n) is 26.5. The predicted molar refractivity (Wildman–Crippen MR) is 325 cm³/mol. The average molecular weight is 994 g/mol. The molecule has 0 aliphatic heterocycles. The van der Waals surface area contributed by atoms with Gasteiger partial charge in [-0.2, -0.15) is 0 Å². The van der Waals surface area contributed by atoms with E-state index in [9.17, 15) is 0 Å². The minimum Gasteiger partial charge on any atom is -0.256 e. The Morgan fingerprint density at radius 3 is 0.564 bits per heavy atom. The molecule has 0 spiro atoms. The van der Waals surface area contributed by atoms with E-state index >= 15 is 0 Å². The summed E-state index contributed by atoms with van der Waals surface area (Å²) in [6.07, 6.45) is 6.03. The van der Waals surface area contributed by atoms with Crippen LogP contribution >= 0.6 is 0 Å². The van der Waals surface area contributed by atoms with Gasteiger partial charge in [0.1, 0.15) is 0 Å². The van der Waals surface area contributed by atoms with Crippen LogP contribution in [0, 0.1) is 0 Å². The van der Waals surface area contributed by atoms with E-state index in [1.54, 1.807) is 0 Å². The monoisotopic (exact) mass is 993 g/mol. The van der Waals surface area contributed by atoms with Gasteiger partial charge in [-0.3, -0.25) is 15.0 Å². The Kier molecular flexibility index (Phi) is 13.0.